The third kappa shape index (κ3) is 2.43. The molecule has 1 aromatic rings. The molecule has 1 atom stereocenters. The Kier molecular flexibility index (Phi) is 4.11. The standard InChI is InChI=1S/C15H22FN3O/c1-15(2)14(20)18(3)8-9-19(15)13(10-17)11-6-4-5-7-12(11)16/h4-7,13H,8-10,17H2,1-3H3. The Balaban J connectivity index is 2.37. The molecule has 0 aromatic heterocycles. The average molecular weight is 279 g/mol. The van der Waals surface area contributed by atoms with Crippen LogP contribution in [0.15, 0.2) is 24.3 Å². The highest BCUT2D eigenvalue weighted by atomic mass is 19.1. The number of piperazine rings is 1. The molecule has 2 rings (SSSR count). The fourth-order valence-electron chi connectivity index (χ4n) is 2.94. The van der Waals surface area contributed by atoms with Gasteiger partial charge >= 0.3 is 0 Å². The summed E-state index contributed by atoms with van der Waals surface area (Å²) in [6.07, 6.45) is 0. The molecule has 20 heavy (non-hydrogen) atoms. The lowest BCUT2D eigenvalue weighted by atomic mass is 9.92. The van der Waals surface area contributed by atoms with Crippen LogP contribution in [0.1, 0.15) is 25.5 Å². The van der Waals surface area contributed by atoms with Crippen LogP contribution >= 0.6 is 0 Å². The van der Waals surface area contributed by atoms with Gasteiger partial charge in [-0.05, 0) is 19.9 Å². The number of nitrogens with zero attached hydrogens (tertiary/aromatic N) is 2. The average Bonchev–Trinajstić information content (AvgIpc) is 2.41. The minimum Gasteiger partial charge on any atom is -0.343 e. The molecule has 5 heteroatoms. The minimum atomic E-state index is -0.681. The summed E-state index contributed by atoms with van der Waals surface area (Å²) >= 11 is 0. The normalized spacial score (nSPS) is 21.1. The zero-order chi connectivity index (χ0) is 14.9. The van der Waals surface area contributed by atoms with E-state index in [-0.39, 0.29) is 24.3 Å². The molecular formula is C15H22FN3O. The number of nitrogens with two attached hydrogens (primary N) is 1. The molecule has 1 aliphatic heterocycles. The number of carbonyl (C=O) groups is 1. The number of likely N-dealkylation sites (N-methyl/N-ethyl adjacent to an activating group) is 1. The number of halogens is 1. The van der Waals surface area contributed by atoms with Gasteiger partial charge in [-0.2, -0.15) is 0 Å². The Morgan fingerprint density at radius 1 is 1.35 bits per heavy atom. The van der Waals surface area contributed by atoms with E-state index in [2.05, 4.69) is 0 Å². The van der Waals surface area contributed by atoms with Gasteiger partial charge < -0.3 is 10.6 Å². The Morgan fingerprint density at radius 3 is 2.60 bits per heavy atom. The van der Waals surface area contributed by atoms with E-state index in [1.807, 2.05) is 18.7 Å². The third-order valence-electron chi connectivity index (χ3n) is 4.13. The first-order valence-corrected chi connectivity index (χ1v) is 6.86. The molecule has 1 unspecified atom stereocenters. The van der Waals surface area contributed by atoms with E-state index >= 15 is 0 Å². The predicted octanol–water partition coefficient (Wildman–Crippen LogP) is 1.38. The fourth-order valence-corrected chi connectivity index (χ4v) is 2.94. The van der Waals surface area contributed by atoms with Crippen LogP contribution in [0.2, 0.25) is 0 Å². The van der Waals surface area contributed by atoms with Gasteiger partial charge in [-0.1, -0.05) is 18.2 Å². The van der Waals surface area contributed by atoms with Crippen LogP contribution in [0, 0.1) is 5.82 Å². The highest BCUT2D eigenvalue weighted by Gasteiger charge is 2.44. The molecule has 0 aliphatic carbocycles. The largest absolute Gasteiger partial charge is 0.343 e. The zero-order valence-electron chi connectivity index (χ0n) is 12.3. The van der Waals surface area contributed by atoms with Crippen LogP contribution in [-0.2, 0) is 4.79 Å². The summed E-state index contributed by atoms with van der Waals surface area (Å²) < 4.78 is 14.0. The van der Waals surface area contributed by atoms with Gasteiger partial charge in [0.1, 0.15) is 5.82 Å². The van der Waals surface area contributed by atoms with E-state index in [0.29, 0.717) is 18.7 Å². The Morgan fingerprint density at radius 2 is 2.00 bits per heavy atom. The third-order valence-corrected chi connectivity index (χ3v) is 4.13. The van der Waals surface area contributed by atoms with Gasteiger partial charge in [-0.3, -0.25) is 9.69 Å². The molecule has 1 saturated heterocycles. The molecule has 0 bridgehead atoms. The molecular weight excluding hydrogens is 257 g/mol. The van der Waals surface area contributed by atoms with Crippen molar-refractivity contribution in [3.63, 3.8) is 0 Å². The molecule has 4 nitrogen and oxygen atoms in total. The molecule has 1 fully saturated rings. The Labute approximate surface area is 119 Å². The Hall–Kier alpha value is -1.46. The van der Waals surface area contributed by atoms with Crippen molar-refractivity contribution in [2.24, 2.45) is 5.73 Å². The number of rotatable bonds is 3. The van der Waals surface area contributed by atoms with Crippen LogP contribution in [0.5, 0.6) is 0 Å². The topological polar surface area (TPSA) is 49.6 Å². The van der Waals surface area contributed by atoms with Crippen molar-refractivity contribution in [3.05, 3.63) is 35.6 Å². The first kappa shape index (κ1) is 14.9. The lowest BCUT2D eigenvalue weighted by Gasteiger charge is -2.48. The smallest absolute Gasteiger partial charge is 0.242 e. The van der Waals surface area contributed by atoms with Gasteiger partial charge in [-0.25, -0.2) is 4.39 Å². The van der Waals surface area contributed by atoms with Gasteiger partial charge in [0.25, 0.3) is 0 Å². The molecule has 0 radical (unpaired) electrons. The SMILES string of the molecule is CN1CCN(C(CN)c2ccccc2F)C(C)(C)C1=O. The van der Waals surface area contributed by atoms with Crippen LogP contribution < -0.4 is 5.73 Å². The summed E-state index contributed by atoms with van der Waals surface area (Å²) in [7, 11) is 1.79. The van der Waals surface area contributed by atoms with E-state index in [4.69, 9.17) is 5.73 Å². The number of benzene rings is 1. The summed E-state index contributed by atoms with van der Waals surface area (Å²) in [6, 6.07) is 6.34. The van der Waals surface area contributed by atoms with Crippen molar-refractivity contribution >= 4 is 5.91 Å². The van der Waals surface area contributed by atoms with E-state index < -0.39 is 5.54 Å². The fraction of sp³-hybridized carbons (Fsp3) is 0.533. The van der Waals surface area contributed by atoms with Crippen LogP contribution in [0.25, 0.3) is 0 Å². The quantitative estimate of drug-likeness (QED) is 0.909. The summed E-state index contributed by atoms with van der Waals surface area (Å²) in [5.74, 6) is -0.233. The predicted molar refractivity (Wildman–Crippen MR) is 76.6 cm³/mol. The molecule has 1 aliphatic rings. The Bertz CT molecular complexity index is 504. The zero-order valence-corrected chi connectivity index (χ0v) is 12.3. The summed E-state index contributed by atoms with van der Waals surface area (Å²) in [6.45, 7) is 5.34. The number of hydrogen-bond acceptors (Lipinski definition) is 3. The van der Waals surface area contributed by atoms with Gasteiger partial charge in [0.2, 0.25) is 5.91 Å². The van der Waals surface area contributed by atoms with E-state index in [9.17, 15) is 9.18 Å². The lowest BCUT2D eigenvalue weighted by Crippen LogP contribution is -2.63. The number of amides is 1. The first-order chi connectivity index (χ1) is 9.39. The molecule has 1 amide bonds. The maximum Gasteiger partial charge on any atom is 0.242 e. The van der Waals surface area contributed by atoms with Crippen molar-refractivity contribution < 1.29 is 9.18 Å². The second kappa shape index (κ2) is 5.50. The second-order valence-corrected chi connectivity index (χ2v) is 5.75. The van der Waals surface area contributed by atoms with Crippen molar-refractivity contribution in [1.29, 1.82) is 0 Å². The number of carbonyl (C=O) groups excluding carboxylic acids is 1. The van der Waals surface area contributed by atoms with Crippen molar-refractivity contribution in [3.8, 4) is 0 Å². The maximum absolute atomic E-state index is 14.0. The summed E-state index contributed by atoms with van der Waals surface area (Å²) in [5.41, 5.74) is 5.75. The minimum absolute atomic E-state index is 0.0403. The molecule has 1 heterocycles. The van der Waals surface area contributed by atoms with Gasteiger partial charge in [0.15, 0.2) is 0 Å². The molecule has 2 N–H and O–H groups in total. The molecule has 1 aromatic carbocycles. The lowest BCUT2D eigenvalue weighted by molar-refractivity contribution is -0.149. The van der Waals surface area contributed by atoms with Crippen LogP contribution in [0.4, 0.5) is 4.39 Å². The van der Waals surface area contributed by atoms with Crippen molar-refractivity contribution in [1.82, 2.24) is 9.80 Å². The summed E-state index contributed by atoms with van der Waals surface area (Å²) in [5, 5.41) is 0. The van der Waals surface area contributed by atoms with Crippen LogP contribution in [0.3, 0.4) is 0 Å². The first-order valence-electron chi connectivity index (χ1n) is 6.86. The van der Waals surface area contributed by atoms with Gasteiger partial charge in [0, 0.05) is 32.2 Å². The van der Waals surface area contributed by atoms with Gasteiger partial charge in [-0.15, -0.1) is 0 Å². The maximum atomic E-state index is 14.0. The van der Waals surface area contributed by atoms with E-state index in [0.717, 1.165) is 0 Å². The second-order valence-electron chi connectivity index (χ2n) is 5.75. The van der Waals surface area contributed by atoms with Crippen molar-refractivity contribution in [2.75, 3.05) is 26.7 Å². The summed E-state index contributed by atoms with van der Waals surface area (Å²) in [4.78, 5) is 16.1. The molecule has 110 valence electrons. The highest BCUT2D eigenvalue weighted by Crippen LogP contribution is 2.32. The van der Waals surface area contributed by atoms with E-state index in [1.165, 1.54) is 6.07 Å². The monoisotopic (exact) mass is 279 g/mol. The molecule has 0 spiro atoms. The van der Waals surface area contributed by atoms with Gasteiger partial charge in [0.05, 0.1) is 11.6 Å². The van der Waals surface area contributed by atoms with Crippen molar-refractivity contribution in [2.45, 2.75) is 25.4 Å². The number of hydrogen-bond donors (Lipinski definition) is 1. The highest BCUT2D eigenvalue weighted by molar-refractivity contribution is 5.86. The van der Waals surface area contributed by atoms with Crippen LogP contribution in [-0.4, -0.2) is 47.9 Å². The van der Waals surface area contributed by atoms with E-state index in [1.54, 1.807) is 30.1 Å². The molecule has 0 saturated carbocycles.